The Hall–Kier alpha value is -2.68. The van der Waals surface area contributed by atoms with Gasteiger partial charge in [-0.25, -0.2) is 4.79 Å². The molecule has 1 heterocycles. The Morgan fingerprint density at radius 2 is 2.20 bits per heavy atom. The summed E-state index contributed by atoms with van der Waals surface area (Å²) in [5.41, 5.74) is 0.591. The summed E-state index contributed by atoms with van der Waals surface area (Å²) < 4.78 is 15.6. The lowest BCUT2D eigenvalue weighted by Crippen LogP contribution is -2.15. The number of rotatable bonds is 4. The van der Waals surface area contributed by atoms with Crippen molar-refractivity contribution in [2.75, 3.05) is 25.1 Å². The number of esters is 1. The van der Waals surface area contributed by atoms with Crippen LogP contribution in [-0.4, -0.2) is 25.8 Å². The topological polar surface area (TPSA) is 80.6 Å². The third-order valence-electron chi connectivity index (χ3n) is 2.54. The highest BCUT2D eigenvalue weighted by Gasteiger charge is 2.12. The van der Waals surface area contributed by atoms with Crippen LogP contribution in [-0.2, 0) is 9.53 Å². The van der Waals surface area contributed by atoms with Gasteiger partial charge in [-0.05, 0) is 19.1 Å². The van der Waals surface area contributed by atoms with Crippen molar-refractivity contribution in [3.05, 3.63) is 30.0 Å². The number of anilines is 1. The molecule has 0 amide bonds. The SMILES string of the molecule is CCOC(=O)/C(C#N)=C/Nc1ccc2c(c1)OCCO2. The zero-order valence-electron chi connectivity index (χ0n) is 11.0. The molecule has 0 aromatic heterocycles. The first-order valence-electron chi connectivity index (χ1n) is 6.18. The number of benzene rings is 1. The Labute approximate surface area is 116 Å². The minimum Gasteiger partial charge on any atom is -0.486 e. The largest absolute Gasteiger partial charge is 0.486 e. The van der Waals surface area contributed by atoms with Crippen LogP contribution in [0.15, 0.2) is 30.0 Å². The molecule has 0 spiro atoms. The maximum Gasteiger partial charge on any atom is 0.350 e. The summed E-state index contributed by atoms with van der Waals surface area (Å²) in [5.74, 6) is 0.654. The summed E-state index contributed by atoms with van der Waals surface area (Å²) in [5, 5.41) is 11.8. The summed E-state index contributed by atoms with van der Waals surface area (Å²) in [7, 11) is 0. The van der Waals surface area contributed by atoms with Gasteiger partial charge in [-0.3, -0.25) is 0 Å². The predicted octanol–water partition coefficient (Wildman–Crippen LogP) is 1.84. The van der Waals surface area contributed by atoms with E-state index in [1.807, 2.05) is 0 Å². The van der Waals surface area contributed by atoms with E-state index in [0.29, 0.717) is 30.4 Å². The Morgan fingerprint density at radius 1 is 1.45 bits per heavy atom. The van der Waals surface area contributed by atoms with Crippen molar-refractivity contribution < 1.29 is 19.0 Å². The minimum atomic E-state index is -0.653. The van der Waals surface area contributed by atoms with Crippen LogP contribution in [0.4, 0.5) is 5.69 Å². The Morgan fingerprint density at radius 3 is 2.90 bits per heavy atom. The molecular weight excluding hydrogens is 260 g/mol. The van der Waals surface area contributed by atoms with Gasteiger partial charge in [0.05, 0.1) is 6.61 Å². The third-order valence-corrected chi connectivity index (χ3v) is 2.54. The molecule has 0 saturated carbocycles. The molecule has 0 bridgehead atoms. The van der Waals surface area contributed by atoms with Crippen molar-refractivity contribution in [2.45, 2.75) is 6.92 Å². The van der Waals surface area contributed by atoms with Gasteiger partial charge in [0.25, 0.3) is 0 Å². The number of hydrogen-bond donors (Lipinski definition) is 1. The van der Waals surface area contributed by atoms with Crippen molar-refractivity contribution in [3.63, 3.8) is 0 Å². The molecule has 1 aromatic rings. The van der Waals surface area contributed by atoms with Gasteiger partial charge < -0.3 is 19.5 Å². The monoisotopic (exact) mass is 274 g/mol. The van der Waals surface area contributed by atoms with Crippen molar-refractivity contribution in [3.8, 4) is 17.6 Å². The van der Waals surface area contributed by atoms with Crippen LogP contribution in [0.5, 0.6) is 11.5 Å². The van der Waals surface area contributed by atoms with E-state index in [1.165, 1.54) is 6.20 Å². The molecule has 6 heteroatoms. The number of fused-ring (bicyclic) bond motifs is 1. The number of carbonyl (C=O) groups is 1. The molecule has 1 aliphatic heterocycles. The van der Waals surface area contributed by atoms with Crippen LogP contribution in [0.25, 0.3) is 0 Å². The second-order valence-electron chi connectivity index (χ2n) is 3.89. The van der Waals surface area contributed by atoms with E-state index in [0.717, 1.165) is 0 Å². The highest BCUT2D eigenvalue weighted by atomic mass is 16.6. The first-order valence-corrected chi connectivity index (χ1v) is 6.18. The molecule has 0 atom stereocenters. The Bertz CT molecular complexity index is 575. The molecule has 104 valence electrons. The highest BCUT2D eigenvalue weighted by molar-refractivity contribution is 5.93. The average molecular weight is 274 g/mol. The number of nitrogens with one attached hydrogen (secondary N) is 1. The van der Waals surface area contributed by atoms with Crippen LogP contribution < -0.4 is 14.8 Å². The fraction of sp³-hybridized carbons (Fsp3) is 0.286. The maximum absolute atomic E-state index is 11.4. The van der Waals surface area contributed by atoms with E-state index in [9.17, 15) is 4.79 Å². The van der Waals surface area contributed by atoms with Crippen LogP contribution in [0.3, 0.4) is 0 Å². The highest BCUT2D eigenvalue weighted by Crippen LogP contribution is 2.32. The molecule has 6 nitrogen and oxygen atoms in total. The van der Waals surface area contributed by atoms with E-state index >= 15 is 0 Å². The van der Waals surface area contributed by atoms with Crippen LogP contribution >= 0.6 is 0 Å². The first kappa shape index (κ1) is 13.7. The van der Waals surface area contributed by atoms with Crippen molar-refractivity contribution in [1.29, 1.82) is 5.26 Å². The summed E-state index contributed by atoms with van der Waals surface area (Å²) in [4.78, 5) is 11.4. The number of carbonyl (C=O) groups excluding carboxylic acids is 1. The molecule has 2 rings (SSSR count). The van der Waals surface area contributed by atoms with Gasteiger partial charge in [0.2, 0.25) is 0 Å². The van der Waals surface area contributed by atoms with Gasteiger partial charge >= 0.3 is 5.97 Å². The second kappa shape index (κ2) is 6.48. The number of nitrogens with zero attached hydrogens (tertiary/aromatic N) is 1. The second-order valence-corrected chi connectivity index (χ2v) is 3.89. The van der Waals surface area contributed by atoms with Crippen molar-refractivity contribution in [2.24, 2.45) is 0 Å². The molecular formula is C14H14N2O4. The molecule has 0 aliphatic carbocycles. The Kier molecular flexibility index (Phi) is 4.45. The lowest BCUT2D eigenvalue weighted by atomic mass is 10.2. The van der Waals surface area contributed by atoms with Gasteiger partial charge in [-0.15, -0.1) is 0 Å². The fourth-order valence-corrected chi connectivity index (χ4v) is 1.63. The molecule has 1 aliphatic rings. The number of ether oxygens (including phenoxy) is 3. The number of nitriles is 1. The number of hydrogen-bond acceptors (Lipinski definition) is 6. The van der Waals surface area contributed by atoms with Gasteiger partial charge in [0.15, 0.2) is 17.1 Å². The van der Waals surface area contributed by atoms with E-state index in [1.54, 1.807) is 31.2 Å². The fourth-order valence-electron chi connectivity index (χ4n) is 1.63. The average Bonchev–Trinajstić information content (AvgIpc) is 2.48. The standard InChI is InChI=1S/C14H14N2O4/c1-2-18-14(17)10(8-15)9-16-11-3-4-12-13(7-11)20-6-5-19-12/h3-4,7,9,16H,2,5-6H2,1H3/b10-9+. The van der Waals surface area contributed by atoms with Gasteiger partial charge in [0, 0.05) is 18.0 Å². The molecule has 0 unspecified atom stereocenters. The molecule has 0 fully saturated rings. The van der Waals surface area contributed by atoms with Crippen molar-refractivity contribution in [1.82, 2.24) is 0 Å². The third kappa shape index (κ3) is 3.20. The summed E-state index contributed by atoms with van der Waals surface area (Å²) in [6.45, 7) is 2.93. The lowest BCUT2D eigenvalue weighted by Gasteiger charge is -2.18. The zero-order chi connectivity index (χ0) is 14.4. The van der Waals surface area contributed by atoms with Crippen LogP contribution in [0, 0.1) is 11.3 Å². The molecule has 0 radical (unpaired) electrons. The minimum absolute atomic E-state index is 0.0956. The molecule has 20 heavy (non-hydrogen) atoms. The van der Waals surface area contributed by atoms with Crippen LogP contribution in [0.2, 0.25) is 0 Å². The normalized spacial score (nSPS) is 13.3. The van der Waals surface area contributed by atoms with Crippen LogP contribution in [0.1, 0.15) is 6.92 Å². The zero-order valence-corrected chi connectivity index (χ0v) is 11.0. The van der Waals surface area contributed by atoms with E-state index in [2.05, 4.69) is 5.32 Å². The van der Waals surface area contributed by atoms with E-state index in [-0.39, 0.29) is 12.2 Å². The van der Waals surface area contributed by atoms with E-state index in [4.69, 9.17) is 19.5 Å². The summed E-state index contributed by atoms with van der Waals surface area (Å²) in [6, 6.07) is 7.06. The lowest BCUT2D eigenvalue weighted by molar-refractivity contribution is -0.138. The molecule has 1 N–H and O–H groups in total. The maximum atomic E-state index is 11.4. The summed E-state index contributed by atoms with van der Waals surface area (Å²) in [6.07, 6.45) is 1.31. The first-order chi connectivity index (χ1) is 9.74. The van der Waals surface area contributed by atoms with E-state index < -0.39 is 5.97 Å². The predicted molar refractivity (Wildman–Crippen MR) is 71.4 cm³/mol. The van der Waals surface area contributed by atoms with Gasteiger partial charge in [-0.1, -0.05) is 0 Å². The smallest absolute Gasteiger partial charge is 0.350 e. The van der Waals surface area contributed by atoms with Gasteiger partial charge in [-0.2, -0.15) is 5.26 Å². The van der Waals surface area contributed by atoms with Gasteiger partial charge in [0.1, 0.15) is 19.3 Å². The molecule has 1 aromatic carbocycles. The summed E-state index contributed by atoms with van der Waals surface area (Å²) >= 11 is 0. The molecule has 0 saturated heterocycles. The quantitative estimate of drug-likeness (QED) is 0.512. The Balaban J connectivity index is 2.10. The van der Waals surface area contributed by atoms with Crippen molar-refractivity contribution >= 4 is 11.7 Å².